The molecule has 7 nitrogen and oxygen atoms in total. The zero-order chi connectivity index (χ0) is 30.7. The van der Waals surface area contributed by atoms with Crippen molar-refractivity contribution in [3.8, 4) is 11.8 Å². The van der Waals surface area contributed by atoms with Crippen LogP contribution in [0.4, 0.5) is 0 Å². The van der Waals surface area contributed by atoms with Crippen molar-refractivity contribution >= 4 is 50.9 Å². The van der Waals surface area contributed by atoms with Crippen LogP contribution in [-0.2, 0) is 11.4 Å². The number of nitrogens with zero attached hydrogens (tertiary/aromatic N) is 4. The third-order valence-corrected chi connectivity index (χ3v) is 9.12. The summed E-state index contributed by atoms with van der Waals surface area (Å²) in [6.07, 6.45) is 1.81. The lowest BCUT2D eigenvalue weighted by Gasteiger charge is -2.29. The van der Waals surface area contributed by atoms with Gasteiger partial charge in [-0.1, -0.05) is 59.3 Å². The monoisotopic (exact) mass is 674 g/mol. The molecule has 0 bridgehead atoms. The zero-order valence-corrected chi connectivity index (χ0v) is 27.0. The maximum absolute atomic E-state index is 14.0. The van der Waals surface area contributed by atoms with E-state index in [4.69, 9.17) is 21.3 Å². The van der Waals surface area contributed by atoms with Crippen LogP contribution in [0.3, 0.4) is 0 Å². The fraction of sp³-hybridized carbons (Fsp3) is 0.212. The summed E-state index contributed by atoms with van der Waals surface area (Å²) in [7, 11) is 0. The van der Waals surface area contributed by atoms with Gasteiger partial charge in [0.2, 0.25) is 0 Å². The van der Waals surface area contributed by atoms with Gasteiger partial charge in [-0.2, -0.15) is 5.26 Å². The average Bonchev–Trinajstić information content (AvgIpc) is 3.30. The minimum atomic E-state index is -0.637. The van der Waals surface area contributed by atoms with E-state index in [0.29, 0.717) is 54.5 Å². The van der Waals surface area contributed by atoms with Gasteiger partial charge in [-0.3, -0.25) is 14.2 Å². The van der Waals surface area contributed by atoms with Gasteiger partial charge in [-0.05, 0) is 84.2 Å². The highest BCUT2D eigenvalue weighted by Crippen LogP contribution is 2.32. The molecule has 0 spiro atoms. The molecule has 1 aromatic heterocycles. The number of hydrogen-bond acceptors (Lipinski definition) is 6. The van der Waals surface area contributed by atoms with Gasteiger partial charge in [0.1, 0.15) is 12.4 Å². The summed E-state index contributed by atoms with van der Waals surface area (Å²) >= 11 is 11.1. The predicted molar refractivity (Wildman–Crippen MR) is 173 cm³/mol. The molecule has 4 aromatic rings. The van der Waals surface area contributed by atoms with E-state index in [9.17, 15) is 14.9 Å². The Balaban J connectivity index is 1.53. The molecular weight excluding hydrogens is 648 g/mol. The van der Waals surface area contributed by atoms with Crippen molar-refractivity contribution in [3.05, 3.63) is 129 Å². The Labute approximate surface area is 266 Å². The number of rotatable bonds is 8. The average molecular weight is 676 g/mol. The molecule has 0 N–H and O–H groups in total. The van der Waals surface area contributed by atoms with Crippen LogP contribution in [0.1, 0.15) is 49.1 Å². The summed E-state index contributed by atoms with van der Waals surface area (Å²) < 4.78 is 8.79. The van der Waals surface area contributed by atoms with Crippen LogP contribution in [0.2, 0.25) is 5.02 Å². The highest BCUT2D eigenvalue weighted by molar-refractivity contribution is 9.10. The Hall–Kier alpha value is -3.97. The summed E-state index contributed by atoms with van der Waals surface area (Å²) in [5, 5.41) is 9.92. The molecular formula is C33H28BrClN4O3S. The van der Waals surface area contributed by atoms with E-state index < -0.39 is 6.04 Å². The van der Waals surface area contributed by atoms with Crippen molar-refractivity contribution in [2.24, 2.45) is 4.99 Å². The third-order valence-electron chi connectivity index (χ3n) is 7.26. The van der Waals surface area contributed by atoms with Crippen molar-refractivity contribution in [2.75, 3.05) is 13.1 Å². The second kappa shape index (κ2) is 13.1. The summed E-state index contributed by atoms with van der Waals surface area (Å²) in [5.41, 5.74) is 3.78. The number of ether oxygens (including phenoxy) is 1. The van der Waals surface area contributed by atoms with Crippen LogP contribution in [-0.4, -0.2) is 28.5 Å². The summed E-state index contributed by atoms with van der Waals surface area (Å²) in [6, 6.07) is 21.7. The van der Waals surface area contributed by atoms with Gasteiger partial charge < -0.3 is 9.64 Å². The van der Waals surface area contributed by atoms with E-state index >= 15 is 0 Å². The first-order valence-corrected chi connectivity index (χ1v) is 15.7. The number of aromatic nitrogens is 1. The van der Waals surface area contributed by atoms with E-state index in [-0.39, 0.29) is 18.1 Å². The number of nitriles is 1. The fourth-order valence-electron chi connectivity index (χ4n) is 5.02. The molecule has 0 saturated carbocycles. The van der Waals surface area contributed by atoms with Crippen LogP contribution in [0, 0.1) is 11.3 Å². The number of amides is 1. The number of fused-ring (bicyclic) bond motifs is 1. The molecule has 2 heterocycles. The Morgan fingerprint density at radius 3 is 2.56 bits per heavy atom. The zero-order valence-electron chi connectivity index (χ0n) is 23.8. The lowest BCUT2D eigenvalue weighted by atomic mass is 9.94. The molecule has 0 fully saturated rings. The van der Waals surface area contributed by atoms with Gasteiger partial charge in [0.15, 0.2) is 4.80 Å². The Kier molecular flexibility index (Phi) is 9.31. The lowest BCUT2D eigenvalue weighted by Crippen LogP contribution is -2.43. The van der Waals surface area contributed by atoms with Gasteiger partial charge in [-0.25, -0.2) is 4.99 Å². The van der Waals surface area contributed by atoms with Crippen LogP contribution in [0.25, 0.3) is 6.08 Å². The van der Waals surface area contributed by atoms with Crippen LogP contribution < -0.4 is 19.6 Å². The van der Waals surface area contributed by atoms with Crippen LogP contribution in [0.5, 0.6) is 5.75 Å². The molecule has 1 aliphatic rings. The smallest absolute Gasteiger partial charge is 0.271 e. The summed E-state index contributed by atoms with van der Waals surface area (Å²) in [5.74, 6) is 0.474. The van der Waals surface area contributed by atoms with E-state index in [1.54, 1.807) is 27.7 Å². The molecule has 1 atom stereocenters. The highest BCUT2D eigenvalue weighted by Gasteiger charge is 2.34. The number of carbonyl (C=O) groups is 1. The lowest BCUT2D eigenvalue weighted by molar-refractivity contribution is -0.127. The van der Waals surface area contributed by atoms with E-state index in [1.807, 2.05) is 75.4 Å². The SMILES string of the molecule is CCN(CC)C(=O)C1=C(C)N=c2s/c(=C/c3ccc(OCc4ccccc4C#N)c(Br)c3)c(=O)n2[C@H]1c1ccc(Cl)cc1. The van der Waals surface area contributed by atoms with E-state index in [0.717, 1.165) is 16.7 Å². The molecule has 3 aromatic carbocycles. The number of benzene rings is 3. The Bertz CT molecular complexity index is 1950. The van der Waals surface area contributed by atoms with Crippen LogP contribution >= 0.6 is 38.9 Å². The predicted octanol–water partition coefficient (Wildman–Crippen LogP) is 5.97. The van der Waals surface area contributed by atoms with Crippen molar-refractivity contribution in [1.29, 1.82) is 5.26 Å². The molecule has 0 saturated heterocycles. The molecule has 1 aliphatic heterocycles. The van der Waals surface area contributed by atoms with Crippen LogP contribution in [0.15, 0.2) is 92.3 Å². The quantitative estimate of drug-likeness (QED) is 0.230. The van der Waals surface area contributed by atoms with Gasteiger partial charge in [0.05, 0.1) is 37.9 Å². The van der Waals surface area contributed by atoms with Crippen molar-refractivity contribution in [3.63, 3.8) is 0 Å². The van der Waals surface area contributed by atoms with Gasteiger partial charge in [0.25, 0.3) is 11.5 Å². The number of allylic oxidation sites excluding steroid dienone is 1. The topological polar surface area (TPSA) is 87.7 Å². The standard InChI is InChI=1S/C33H28BrClN4O3S/c1-4-38(5-2)32(41)29-20(3)37-33-39(30(29)22-11-13-25(35)14-12-22)31(40)28(43-33)17-21-10-15-27(26(34)16-21)42-19-24-9-7-6-8-23(24)18-36/h6-17,30H,4-5,19H2,1-3H3/b28-17+/t30-/m0/s1. The Morgan fingerprint density at radius 2 is 1.88 bits per heavy atom. The normalized spacial score (nSPS) is 14.6. The third kappa shape index (κ3) is 6.23. The molecule has 43 heavy (non-hydrogen) atoms. The second-order valence-electron chi connectivity index (χ2n) is 9.86. The second-order valence-corrected chi connectivity index (χ2v) is 12.2. The maximum atomic E-state index is 14.0. The Morgan fingerprint density at radius 1 is 1.16 bits per heavy atom. The molecule has 0 unspecified atom stereocenters. The van der Waals surface area contributed by atoms with Crippen molar-refractivity contribution in [1.82, 2.24) is 9.47 Å². The van der Waals surface area contributed by atoms with E-state index in [1.165, 1.54) is 11.3 Å². The number of likely N-dealkylation sites (N-methyl/N-ethyl adjacent to an activating group) is 1. The van der Waals surface area contributed by atoms with Gasteiger partial charge >= 0.3 is 0 Å². The number of thiazole rings is 1. The molecule has 5 rings (SSSR count). The molecule has 1 amide bonds. The fourth-order valence-corrected chi connectivity index (χ4v) is 6.71. The first kappa shape index (κ1) is 30.5. The van der Waals surface area contributed by atoms with E-state index in [2.05, 4.69) is 22.0 Å². The first-order chi connectivity index (χ1) is 20.7. The molecule has 218 valence electrons. The number of halogens is 2. The maximum Gasteiger partial charge on any atom is 0.271 e. The van der Waals surface area contributed by atoms with Gasteiger partial charge in [-0.15, -0.1) is 0 Å². The molecule has 0 aliphatic carbocycles. The highest BCUT2D eigenvalue weighted by atomic mass is 79.9. The van der Waals surface area contributed by atoms with Crippen molar-refractivity contribution < 1.29 is 9.53 Å². The van der Waals surface area contributed by atoms with Crippen molar-refractivity contribution in [2.45, 2.75) is 33.4 Å². The molecule has 0 radical (unpaired) electrons. The molecule has 10 heteroatoms. The largest absolute Gasteiger partial charge is 0.488 e. The number of carbonyl (C=O) groups excluding carboxylic acids is 1. The summed E-state index contributed by atoms with van der Waals surface area (Å²) in [6.45, 7) is 7.03. The minimum Gasteiger partial charge on any atom is -0.488 e. The summed E-state index contributed by atoms with van der Waals surface area (Å²) in [4.78, 5) is 34.7. The minimum absolute atomic E-state index is 0.141. The number of hydrogen-bond donors (Lipinski definition) is 0. The first-order valence-electron chi connectivity index (χ1n) is 13.7. The van der Waals surface area contributed by atoms with Gasteiger partial charge in [0, 0.05) is 23.7 Å².